The molecule has 0 aliphatic heterocycles. The molecule has 0 rings (SSSR count). The van der Waals surface area contributed by atoms with Gasteiger partial charge in [0.25, 0.3) is 0 Å². The molecule has 282 valence electrons. The molecule has 0 aliphatic rings. The summed E-state index contributed by atoms with van der Waals surface area (Å²) in [6.45, 7) is 3.94. The molecule has 0 radical (unpaired) electrons. The van der Waals surface area contributed by atoms with Crippen LogP contribution in [-0.2, 0) is 18.4 Å². The van der Waals surface area contributed by atoms with Gasteiger partial charge in [0.2, 0.25) is 5.91 Å². The predicted octanol–water partition coefficient (Wildman–Crippen LogP) is 10.1. The second-order valence-electron chi connectivity index (χ2n) is 12.4. The molecule has 3 atom stereocenters. The van der Waals surface area contributed by atoms with Crippen molar-refractivity contribution in [1.29, 1.82) is 0 Å². The average molecular weight is 707 g/mol. The first-order chi connectivity index (χ1) is 23.9. The van der Waals surface area contributed by atoms with Crippen molar-refractivity contribution in [3.05, 3.63) is 72.9 Å². The molecular formula is C40H71N2O6P. The molecule has 9 heteroatoms. The van der Waals surface area contributed by atoms with E-state index in [1.165, 1.54) is 32.1 Å². The van der Waals surface area contributed by atoms with Crippen LogP contribution in [0.2, 0.25) is 0 Å². The Kier molecular flexibility index (Phi) is 34.3. The summed E-state index contributed by atoms with van der Waals surface area (Å²) in [5.74, 6) is -0.220. The van der Waals surface area contributed by atoms with E-state index in [4.69, 9.17) is 14.8 Å². The maximum atomic E-state index is 12.7. The summed E-state index contributed by atoms with van der Waals surface area (Å²) in [5.41, 5.74) is 5.34. The summed E-state index contributed by atoms with van der Waals surface area (Å²) in [5, 5.41) is 13.5. The van der Waals surface area contributed by atoms with E-state index in [0.717, 1.165) is 89.9 Å². The topological polar surface area (TPSA) is 131 Å². The van der Waals surface area contributed by atoms with E-state index in [-0.39, 0.29) is 25.7 Å². The minimum Gasteiger partial charge on any atom is -0.387 e. The van der Waals surface area contributed by atoms with Crippen LogP contribution < -0.4 is 11.1 Å². The van der Waals surface area contributed by atoms with Crippen LogP contribution in [0.15, 0.2) is 72.9 Å². The first-order valence-corrected chi connectivity index (χ1v) is 20.6. The fourth-order valence-corrected chi connectivity index (χ4v) is 5.68. The number of hydrogen-bond donors (Lipinski definition) is 4. The van der Waals surface area contributed by atoms with Gasteiger partial charge in [-0.15, -0.1) is 0 Å². The van der Waals surface area contributed by atoms with E-state index >= 15 is 0 Å². The monoisotopic (exact) mass is 707 g/mol. The van der Waals surface area contributed by atoms with Gasteiger partial charge in [-0.2, -0.15) is 0 Å². The largest absolute Gasteiger partial charge is 0.472 e. The molecule has 3 unspecified atom stereocenters. The Hall–Kier alpha value is -2.06. The third kappa shape index (κ3) is 34.2. The smallest absolute Gasteiger partial charge is 0.387 e. The molecule has 1 amide bonds. The number of carbonyl (C=O) groups is 1. The zero-order chi connectivity index (χ0) is 36.1. The lowest BCUT2D eigenvalue weighted by molar-refractivity contribution is -0.123. The van der Waals surface area contributed by atoms with Crippen LogP contribution in [0.5, 0.6) is 0 Å². The quantitative estimate of drug-likeness (QED) is 0.0298. The number of nitrogens with one attached hydrogen (secondary N) is 1. The number of amides is 1. The maximum absolute atomic E-state index is 12.7. The van der Waals surface area contributed by atoms with Crippen molar-refractivity contribution in [2.75, 3.05) is 19.8 Å². The second-order valence-corrected chi connectivity index (χ2v) is 13.9. The van der Waals surface area contributed by atoms with Gasteiger partial charge in [0.15, 0.2) is 0 Å². The fraction of sp³-hybridized carbons (Fsp3) is 0.675. The lowest BCUT2D eigenvalue weighted by Crippen LogP contribution is -2.45. The van der Waals surface area contributed by atoms with Crippen molar-refractivity contribution in [2.24, 2.45) is 5.73 Å². The summed E-state index contributed by atoms with van der Waals surface area (Å²) in [4.78, 5) is 22.6. The maximum Gasteiger partial charge on any atom is 0.472 e. The fourth-order valence-electron chi connectivity index (χ4n) is 4.92. The highest BCUT2D eigenvalue weighted by atomic mass is 31.2. The van der Waals surface area contributed by atoms with Crippen molar-refractivity contribution in [1.82, 2.24) is 5.32 Å². The Morgan fingerprint density at radius 1 is 0.694 bits per heavy atom. The molecule has 0 aromatic carbocycles. The number of aliphatic hydroxyl groups excluding tert-OH is 1. The number of allylic oxidation sites excluding steroid dienone is 11. The molecule has 0 spiro atoms. The second kappa shape index (κ2) is 35.8. The van der Waals surface area contributed by atoms with E-state index in [0.29, 0.717) is 6.42 Å². The molecule has 0 aliphatic carbocycles. The highest BCUT2D eigenvalue weighted by Gasteiger charge is 2.26. The Morgan fingerprint density at radius 3 is 1.73 bits per heavy atom. The molecule has 8 nitrogen and oxygen atoms in total. The number of rotatable bonds is 34. The minimum atomic E-state index is -4.34. The van der Waals surface area contributed by atoms with E-state index in [1.807, 2.05) is 6.08 Å². The Balaban J connectivity index is 4.27. The number of nitrogens with two attached hydrogens (primary N) is 1. The van der Waals surface area contributed by atoms with Crippen LogP contribution in [0, 0.1) is 0 Å². The van der Waals surface area contributed by atoms with Crippen LogP contribution in [0.3, 0.4) is 0 Å². The summed E-state index contributed by atoms with van der Waals surface area (Å²) >= 11 is 0. The lowest BCUT2D eigenvalue weighted by Gasteiger charge is -2.23. The van der Waals surface area contributed by atoms with Crippen molar-refractivity contribution >= 4 is 13.7 Å². The number of carbonyl (C=O) groups excluding carboxylic acids is 1. The highest BCUT2D eigenvalue weighted by Crippen LogP contribution is 2.43. The molecular weight excluding hydrogens is 635 g/mol. The number of unbranched alkanes of at least 4 members (excludes halogenated alkanes) is 12. The van der Waals surface area contributed by atoms with Crippen LogP contribution in [-0.4, -0.2) is 47.8 Å². The summed E-state index contributed by atoms with van der Waals surface area (Å²) < 4.78 is 22.0. The minimum absolute atomic E-state index is 0.0709. The van der Waals surface area contributed by atoms with Crippen molar-refractivity contribution in [3.8, 4) is 0 Å². The van der Waals surface area contributed by atoms with Gasteiger partial charge in [-0.3, -0.25) is 13.8 Å². The zero-order valence-corrected chi connectivity index (χ0v) is 31.8. The number of aliphatic hydroxyl groups is 1. The number of hydrogen-bond acceptors (Lipinski definition) is 6. The van der Waals surface area contributed by atoms with Gasteiger partial charge < -0.3 is 21.1 Å². The molecule has 49 heavy (non-hydrogen) atoms. The number of phosphoric acid groups is 1. The normalized spacial score (nSPS) is 15.1. The predicted molar refractivity (Wildman–Crippen MR) is 207 cm³/mol. The number of phosphoric ester groups is 1. The van der Waals surface area contributed by atoms with E-state index in [9.17, 15) is 19.4 Å². The molecule has 0 fully saturated rings. The molecule has 5 N–H and O–H groups in total. The third-order valence-corrected chi connectivity index (χ3v) is 8.77. The van der Waals surface area contributed by atoms with E-state index in [1.54, 1.807) is 6.08 Å². The molecule has 0 aromatic rings. The molecule has 0 saturated heterocycles. The molecule has 0 bridgehead atoms. The average Bonchev–Trinajstić information content (AvgIpc) is 3.09. The van der Waals surface area contributed by atoms with Crippen molar-refractivity contribution in [2.45, 2.75) is 154 Å². The van der Waals surface area contributed by atoms with Crippen LogP contribution >= 0.6 is 7.82 Å². The summed E-state index contributed by atoms with van der Waals surface area (Å²) in [6, 6.07) is -0.872. The van der Waals surface area contributed by atoms with Gasteiger partial charge in [-0.25, -0.2) is 4.57 Å². The van der Waals surface area contributed by atoms with Crippen LogP contribution in [0.25, 0.3) is 0 Å². The van der Waals surface area contributed by atoms with E-state index < -0.39 is 20.0 Å². The van der Waals surface area contributed by atoms with Gasteiger partial charge in [-0.05, 0) is 64.2 Å². The Labute approximate surface area is 299 Å². The molecule has 0 aromatic heterocycles. The molecule has 0 heterocycles. The van der Waals surface area contributed by atoms with Gasteiger partial charge in [0.05, 0.1) is 25.4 Å². The van der Waals surface area contributed by atoms with Crippen LogP contribution in [0.4, 0.5) is 0 Å². The van der Waals surface area contributed by atoms with E-state index in [2.05, 4.69) is 79.9 Å². The molecule has 0 saturated carbocycles. The van der Waals surface area contributed by atoms with Crippen molar-refractivity contribution in [3.63, 3.8) is 0 Å². The first-order valence-electron chi connectivity index (χ1n) is 19.1. The van der Waals surface area contributed by atoms with Crippen molar-refractivity contribution < 1.29 is 28.4 Å². The highest BCUT2D eigenvalue weighted by molar-refractivity contribution is 7.47. The van der Waals surface area contributed by atoms with Gasteiger partial charge in [0, 0.05) is 13.0 Å². The van der Waals surface area contributed by atoms with Gasteiger partial charge in [0.1, 0.15) is 0 Å². The lowest BCUT2D eigenvalue weighted by atomic mass is 10.1. The summed E-state index contributed by atoms with van der Waals surface area (Å²) in [6.07, 6.45) is 45.2. The third-order valence-electron chi connectivity index (χ3n) is 7.79. The Morgan fingerprint density at radius 2 is 1.18 bits per heavy atom. The first kappa shape index (κ1) is 46.9. The summed E-state index contributed by atoms with van der Waals surface area (Å²) in [7, 11) is -4.34. The van der Waals surface area contributed by atoms with Gasteiger partial charge >= 0.3 is 7.82 Å². The van der Waals surface area contributed by atoms with Gasteiger partial charge in [-0.1, -0.05) is 145 Å². The zero-order valence-electron chi connectivity index (χ0n) is 30.9. The SMILES string of the molecule is CC/C=C\C/C=C\C/C=C\C/C=C\C/C=C\CCCCCCCC(=O)NC(COP(=O)(O)OCCN)C(O)/C=C/CCCCCCCCC. The standard InChI is InChI=1S/C40H71N2O6P/c1-3-5-7-9-11-13-14-15-16-17-18-19-20-21-22-23-24-26-28-30-32-34-40(44)42-38(37-48-49(45,46)47-36-35-41)39(43)33-31-29-27-25-12-10-8-6-4-2/h5,7,11,13,15-16,18-19,21-22,31,33,38-39,43H,3-4,6,8-10,12,14,17,20,23-30,32,34-37,41H2,1-2H3,(H,42,44)(H,45,46)/b7-5-,13-11-,16-15-,19-18-,22-21-,33-31+. The Bertz CT molecular complexity index is 991. The van der Waals surface area contributed by atoms with Crippen LogP contribution in [0.1, 0.15) is 142 Å².